The Bertz CT molecular complexity index is 532. The topological polar surface area (TPSA) is 37.8 Å². The molecule has 0 atom stereocenters. The predicted octanol–water partition coefficient (Wildman–Crippen LogP) is 3.12. The highest BCUT2D eigenvalue weighted by Crippen LogP contribution is 2.42. The van der Waals surface area contributed by atoms with Crippen LogP contribution in [0.2, 0.25) is 0 Å². The monoisotopic (exact) mass is 273 g/mol. The molecule has 0 unspecified atom stereocenters. The summed E-state index contributed by atoms with van der Waals surface area (Å²) in [6.07, 6.45) is 7.27. The van der Waals surface area contributed by atoms with Crippen LogP contribution in [0.15, 0.2) is 24.5 Å². The number of thiazole rings is 1. The van der Waals surface area contributed by atoms with Crippen LogP contribution in [0, 0.1) is 0 Å². The number of rotatable bonds is 6. The van der Waals surface area contributed by atoms with Crippen molar-refractivity contribution in [3.8, 4) is 0 Å². The molecule has 0 spiro atoms. The largest absolute Gasteiger partial charge is 0.312 e. The van der Waals surface area contributed by atoms with Gasteiger partial charge in [0.1, 0.15) is 0 Å². The molecule has 2 heterocycles. The Morgan fingerprint density at radius 1 is 1.32 bits per heavy atom. The average Bonchev–Trinajstić information content (AvgIpc) is 3.20. The molecule has 0 saturated heterocycles. The Morgan fingerprint density at radius 2 is 2.11 bits per heavy atom. The van der Waals surface area contributed by atoms with Gasteiger partial charge < -0.3 is 5.32 Å². The Morgan fingerprint density at radius 3 is 2.79 bits per heavy atom. The van der Waals surface area contributed by atoms with Crippen LogP contribution in [-0.4, -0.2) is 16.5 Å². The molecule has 1 fully saturated rings. The highest BCUT2D eigenvalue weighted by atomic mass is 32.1. The van der Waals surface area contributed by atoms with Crippen LogP contribution in [-0.2, 0) is 13.0 Å². The molecule has 0 aromatic carbocycles. The summed E-state index contributed by atoms with van der Waals surface area (Å²) in [6, 6.07) is 4.14. The molecule has 3 rings (SSSR count). The summed E-state index contributed by atoms with van der Waals surface area (Å²) in [6.45, 7) is 4.13. The van der Waals surface area contributed by atoms with Gasteiger partial charge in [-0.3, -0.25) is 4.98 Å². The van der Waals surface area contributed by atoms with E-state index in [9.17, 15) is 0 Å². The van der Waals surface area contributed by atoms with E-state index in [1.807, 2.05) is 23.7 Å². The van der Waals surface area contributed by atoms with Gasteiger partial charge >= 0.3 is 0 Å². The van der Waals surface area contributed by atoms with Gasteiger partial charge in [-0.15, -0.1) is 11.3 Å². The molecule has 1 saturated carbocycles. The second-order valence-electron chi connectivity index (χ2n) is 5.00. The first-order valence-electron chi connectivity index (χ1n) is 6.95. The highest BCUT2D eigenvalue weighted by molar-refractivity contribution is 7.11. The molecule has 1 aliphatic rings. The van der Waals surface area contributed by atoms with Gasteiger partial charge in [-0.05, 0) is 37.1 Å². The molecule has 100 valence electrons. The zero-order chi connectivity index (χ0) is 13.1. The standard InChI is InChI=1S/C15H19N3S/c1-2-16-10-13-15(12-3-4-12)18-14(19-13)9-11-5-7-17-8-6-11/h5-8,12,16H,2-4,9-10H2,1H3. The number of hydrogen-bond donors (Lipinski definition) is 1. The molecule has 0 bridgehead atoms. The maximum atomic E-state index is 4.88. The lowest BCUT2D eigenvalue weighted by Crippen LogP contribution is -2.11. The second kappa shape index (κ2) is 5.80. The van der Waals surface area contributed by atoms with E-state index in [1.165, 1.54) is 34.0 Å². The van der Waals surface area contributed by atoms with Crippen molar-refractivity contribution in [3.63, 3.8) is 0 Å². The minimum absolute atomic E-state index is 0.732. The number of nitrogens with one attached hydrogen (secondary N) is 1. The zero-order valence-electron chi connectivity index (χ0n) is 11.2. The normalized spacial score (nSPS) is 14.8. The van der Waals surface area contributed by atoms with Gasteiger partial charge in [0, 0.05) is 36.2 Å². The molecule has 0 amide bonds. The number of aromatic nitrogens is 2. The van der Waals surface area contributed by atoms with Gasteiger partial charge in [-0.1, -0.05) is 6.92 Å². The maximum absolute atomic E-state index is 4.88. The van der Waals surface area contributed by atoms with E-state index in [0.29, 0.717) is 0 Å². The minimum atomic E-state index is 0.732. The van der Waals surface area contributed by atoms with Gasteiger partial charge in [-0.25, -0.2) is 4.98 Å². The summed E-state index contributed by atoms with van der Waals surface area (Å²) in [4.78, 5) is 10.4. The summed E-state index contributed by atoms with van der Waals surface area (Å²) in [5.41, 5.74) is 2.65. The number of pyridine rings is 1. The molecule has 19 heavy (non-hydrogen) atoms. The van der Waals surface area contributed by atoms with E-state index < -0.39 is 0 Å². The minimum Gasteiger partial charge on any atom is -0.312 e. The Labute approximate surface area is 118 Å². The Balaban J connectivity index is 1.78. The third-order valence-corrected chi connectivity index (χ3v) is 4.45. The van der Waals surface area contributed by atoms with Gasteiger partial charge in [0.25, 0.3) is 0 Å². The van der Waals surface area contributed by atoms with Crippen molar-refractivity contribution in [2.24, 2.45) is 0 Å². The van der Waals surface area contributed by atoms with E-state index >= 15 is 0 Å². The highest BCUT2D eigenvalue weighted by Gasteiger charge is 2.29. The first kappa shape index (κ1) is 12.8. The van der Waals surface area contributed by atoms with Crippen molar-refractivity contribution in [3.05, 3.63) is 45.7 Å². The molecule has 2 aromatic rings. The number of hydrogen-bond acceptors (Lipinski definition) is 4. The van der Waals surface area contributed by atoms with Crippen molar-refractivity contribution in [1.82, 2.24) is 15.3 Å². The molecule has 0 radical (unpaired) electrons. The molecule has 3 nitrogen and oxygen atoms in total. The summed E-state index contributed by atoms with van der Waals surface area (Å²) in [5, 5.41) is 4.66. The molecule has 2 aromatic heterocycles. The van der Waals surface area contributed by atoms with Gasteiger partial charge in [0.05, 0.1) is 10.7 Å². The molecule has 1 N–H and O–H groups in total. The van der Waals surface area contributed by atoms with Crippen molar-refractivity contribution < 1.29 is 0 Å². The average molecular weight is 273 g/mol. The zero-order valence-corrected chi connectivity index (χ0v) is 12.0. The summed E-state index contributed by atoms with van der Waals surface area (Å²) in [7, 11) is 0. The van der Waals surface area contributed by atoms with Crippen molar-refractivity contribution in [2.45, 2.75) is 38.6 Å². The van der Waals surface area contributed by atoms with E-state index in [2.05, 4.69) is 29.4 Å². The van der Waals surface area contributed by atoms with Crippen LogP contribution < -0.4 is 5.32 Å². The molecule has 1 aliphatic carbocycles. The summed E-state index contributed by atoms with van der Waals surface area (Å²) >= 11 is 1.87. The predicted molar refractivity (Wildman–Crippen MR) is 78.5 cm³/mol. The molecular formula is C15H19N3S. The fourth-order valence-electron chi connectivity index (χ4n) is 2.21. The lowest BCUT2D eigenvalue weighted by molar-refractivity contribution is 0.726. The third-order valence-electron chi connectivity index (χ3n) is 3.38. The molecule has 4 heteroatoms. The van der Waals surface area contributed by atoms with Gasteiger partial charge in [0.2, 0.25) is 0 Å². The lowest BCUT2D eigenvalue weighted by Gasteiger charge is -2.00. The summed E-state index contributed by atoms with van der Waals surface area (Å²) in [5.74, 6) is 0.732. The van der Waals surface area contributed by atoms with Gasteiger partial charge in [-0.2, -0.15) is 0 Å². The smallest absolute Gasteiger partial charge is 0.0975 e. The van der Waals surface area contributed by atoms with Crippen molar-refractivity contribution in [2.75, 3.05) is 6.54 Å². The molecule has 0 aliphatic heterocycles. The fraction of sp³-hybridized carbons (Fsp3) is 0.467. The second-order valence-corrected chi connectivity index (χ2v) is 6.17. The SMILES string of the molecule is CCNCc1sc(Cc2ccncc2)nc1C1CC1. The van der Waals surface area contributed by atoms with Crippen LogP contribution in [0.25, 0.3) is 0 Å². The first-order valence-corrected chi connectivity index (χ1v) is 7.76. The Kier molecular flexibility index (Phi) is 3.89. The van der Waals surface area contributed by atoms with Crippen LogP contribution in [0.5, 0.6) is 0 Å². The van der Waals surface area contributed by atoms with Crippen molar-refractivity contribution >= 4 is 11.3 Å². The van der Waals surface area contributed by atoms with Crippen LogP contribution in [0.4, 0.5) is 0 Å². The molecular weight excluding hydrogens is 254 g/mol. The lowest BCUT2D eigenvalue weighted by atomic mass is 10.2. The van der Waals surface area contributed by atoms with E-state index in [-0.39, 0.29) is 0 Å². The fourth-order valence-corrected chi connectivity index (χ4v) is 3.36. The maximum Gasteiger partial charge on any atom is 0.0975 e. The van der Waals surface area contributed by atoms with Crippen LogP contribution in [0.1, 0.15) is 46.8 Å². The quantitative estimate of drug-likeness (QED) is 0.878. The van der Waals surface area contributed by atoms with E-state index in [0.717, 1.165) is 25.4 Å². The first-order chi connectivity index (χ1) is 9.36. The van der Waals surface area contributed by atoms with Gasteiger partial charge in [0.15, 0.2) is 0 Å². The number of nitrogens with zero attached hydrogens (tertiary/aromatic N) is 2. The van der Waals surface area contributed by atoms with E-state index in [1.54, 1.807) is 0 Å². The Hall–Kier alpha value is -1.26. The van der Waals surface area contributed by atoms with Crippen molar-refractivity contribution in [1.29, 1.82) is 0 Å². The van der Waals surface area contributed by atoms with E-state index in [4.69, 9.17) is 4.98 Å². The third kappa shape index (κ3) is 3.19. The van der Waals surface area contributed by atoms with Crippen LogP contribution >= 0.6 is 11.3 Å². The summed E-state index contributed by atoms with van der Waals surface area (Å²) < 4.78 is 0. The van der Waals surface area contributed by atoms with Crippen LogP contribution in [0.3, 0.4) is 0 Å².